The van der Waals surface area contributed by atoms with Gasteiger partial charge >= 0.3 is 0 Å². The molecule has 1 saturated heterocycles. The zero-order valence-corrected chi connectivity index (χ0v) is 8.98. The van der Waals surface area contributed by atoms with Crippen LogP contribution in [0.3, 0.4) is 0 Å². The van der Waals surface area contributed by atoms with Gasteiger partial charge in [-0.2, -0.15) is 0 Å². The smallest absolute Gasteiger partial charge is 0.132 e. The molecule has 1 aromatic heterocycles. The second kappa shape index (κ2) is 3.45. The average Bonchev–Trinajstić information content (AvgIpc) is 3.00. The highest BCUT2D eigenvalue weighted by atomic mass is 15.3. The van der Waals surface area contributed by atoms with Crippen LogP contribution >= 0.6 is 0 Å². The largest absolute Gasteiger partial charge is 0.353 e. The van der Waals surface area contributed by atoms with E-state index in [2.05, 4.69) is 26.3 Å². The maximum Gasteiger partial charge on any atom is 0.132 e. The molecule has 1 aliphatic heterocycles. The summed E-state index contributed by atoms with van der Waals surface area (Å²) >= 11 is 0. The van der Waals surface area contributed by atoms with Crippen molar-refractivity contribution >= 4 is 5.82 Å². The number of likely N-dealkylation sites (N-methyl/N-ethyl adjacent to an activating group) is 1. The molecule has 0 amide bonds. The van der Waals surface area contributed by atoms with E-state index >= 15 is 0 Å². The maximum absolute atomic E-state index is 4.33. The van der Waals surface area contributed by atoms with Gasteiger partial charge in [0.1, 0.15) is 12.1 Å². The fourth-order valence-electron chi connectivity index (χ4n) is 1.99. The molecule has 4 nitrogen and oxygen atoms in total. The molecule has 0 spiro atoms. The molecule has 1 aliphatic carbocycles. The van der Waals surface area contributed by atoms with Gasteiger partial charge in [0.15, 0.2) is 0 Å². The molecule has 4 heteroatoms. The fraction of sp³-hybridized carbons (Fsp3) is 0.636. The Balaban J connectivity index is 1.72. The van der Waals surface area contributed by atoms with Gasteiger partial charge in [0, 0.05) is 36.8 Å². The third-order valence-electron chi connectivity index (χ3n) is 3.28. The van der Waals surface area contributed by atoms with E-state index in [4.69, 9.17) is 0 Å². The molecule has 15 heavy (non-hydrogen) atoms. The van der Waals surface area contributed by atoms with Crippen LogP contribution in [0.4, 0.5) is 5.82 Å². The van der Waals surface area contributed by atoms with E-state index in [1.54, 1.807) is 6.33 Å². The summed E-state index contributed by atoms with van der Waals surface area (Å²) in [5.74, 6) is 1.81. The molecule has 2 fully saturated rings. The van der Waals surface area contributed by atoms with Crippen LogP contribution in [0.15, 0.2) is 12.4 Å². The molecular formula is C11H16N4. The Labute approximate surface area is 89.7 Å². The first-order valence-corrected chi connectivity index (χ1v) is 5.61. The predicted octanol–water partition coefficient (Wildman–Crippen LogP) is 0.762. The summed E-state index contributed by atoms with van der Waals surface area (Å²) in [6.45, 7) is 2.13. The molecule has 1 saturated carbocycles. The van der Waals surface area contributed by atoms with Crippen molar-refractivity contribution in [2.24, 2.45) is 0 Å². The van der Waals surface area contributed by atoms with Crippen LogP contribution in [-0.4, -0.2) is 36.1 Å². The summed E-state index contributed by atoms with van der Waals surface area (Å²) in [6.07, 6.45) is 4.31. The van der Waals surface area contributed by atoms with Crippen LogP contribution in [0.25, 0.3) is 0 Å². The minimum Gasteiger partial charge on any atom is -0.353 e. The Morgan fingerprint density at radius 2 is 2.13 bits per heavy atom. The lowest BCUT2D eigenvalue weighted by Gasteiger charge is -2.39. The van der Waals surface area contributed by atoms with Gasteiger partial charge in [0.25, 0.3) is 0 Å². The van der Waals surface area contributed by atoms with Gasteiger partial charge in [-0.3, -0.25) is 0 Å². The monoisotopic (exact) mass is 204 g/mol. The summed E-state index contributed by atoms with van der Waals surface area (Å²) in [6, 6.07) is 2.79. The SMILES string of the molecule is CNC1CN(c2cc(C3CC3)ncn2)C1. The Kier molecular flexibility index (Phi) is 2.09. The molecular weight excluding hydrogens is 188 g/mol. The zero-order chi connectivity index (χ0) is 10.3. The molecule has 0 radical (unpaired) electrons. The number of aromatic nitrogens is 2. The number of anilines is 1. The van der Waals surface area contributed by atoms with Gasteiger partial charge in [0.2, 0.25) is 0 Å². The van der Waals surface area contributed by atoms with E-state index in [0.717, 1.165) is 18.9 Å². The first kappa shape index (κ1) is 9.09. The molecule has 0 unspecified atom stereocenters. The van der Waals surface area contributed by atoms with E-state index in [1.807, 2.05) is 7.05 Å². The molecule has 0 atom stereocenters. The third kappa shape index (κ3) is 1.69. The molecule has 80 valence electrons. The maximum atomic E-state index is 4.33. The van der Waals surface area contributed by atoms with Crippen molar-refractivity contribution < 1.29 is 0 Å². The Morgan fingerprint density at radius 1 is 1.33 bits per heavy atom. The highest BCUT2D eigenvalue weighted by Crippen LogP contribution is 2.39. The lowest BCUT2D eigenvalue weighted by Crippen LogP contribution is -2.57. The molecule has 3 rings (SSSR count). The van der Waals surface area contributed by atoms with Crippen LogP contribution < -0.4 is 10.2 Å². The van der Waals surface area contributed by atoms with Crippen LogP contribution in [0.1, 0.15) is 24.5 Å². The van der Waals surface area contributed by atoms with Crippen LogP contribution in [0.5, 0.6) is 0 Å². The van der Waals surface area contributed by atoms with Crippen molar-refractivity contribution in [2.45, 2.75) is 24.8 Å². The van der Waals surface area contributed by atoms with E-state index < -0.39 is 0 Å². The molecule has 2 aliphatic rings. The Bertz CT molecular complexity index is 355. The number of nitrogens with zero attached hydrogens (tertiary/aromatic N) is 3. The summed E-state index contributed by atoms with van der Waals surface area (Å²) in [4.78, 5) is 11.0. The summed E-state index contributed by atoms with van der Waals surface area (Å²) in [7, 11) is 2.01. The van der Waals surface area contributed by atoms with Gasteiger partial charge in [0.05, 0.1) is 0 Å². The van der Waals surface area contributed by atoms with Crippen molar-refractivity contribution in [1.29, 1.82) is 0 Å². The quantitative estimate of drug-likeness (QED) is 0.789. The summed E-state index contributed by atoms with van der Waals surface area (Å²) < 4.78 is 0. The molecule has 1 aromatic rings. The van der Waals surface area contributed by atoms with Gasteiger partial charge in [-0.15, -0.1) is 0 Å². The van der Waals surface area contributed by atoms with Crippen molar-refractivity contribution in [3.63, 3.8) is 0 Å². The zero-order valence-electron chi connectivity index (χ0n) is 8.98. The molecule has 0 bridgehead atoms. The number of hydrogen-bond acceptors (Lipinski definition) is 4. The minimum absolute atomic E-state index is 0.629. The second-order valence-corrected chi connectivity index (χ2v) is 4.47. The average molecular weight is 204 g/mol. The van der Waals surface area contributed by atoms with E-state index in [1.165, 1.54) is 18.5 Å². The van der Waals surface area contributed by atoms with E-state index in [0.29, 0.717) is 12.0 Å². The molecule has 2 heterocycles. The first-order chi connectivity index (χ1) is 7.36. The van der Waals surface area contributed by atoms with Crippen molar-refractivity contribution in [1.82, 2.24) is 15.3 Å². The molecule has 0 aromatic carbocycles. The van der Waals surface area contributed by atoms with Gasteiger partial charge < -0.3 is 10.2 Å². The van der Waals surface area contributed by atoms with Gasteiger partial charge in [-0.1, -0.05) is 0 Å². The van der Waals surface area contributed by atoms with Crippen LogP contribution in [0.2, 0.25) is 0 Å². The number of hydrogen-bond donors (Lipinski definition) is 1. The van der Waals surface area contributed by atoms with E-state index in [-0.39, 0.29) is 0 Å². The predicted molar refractivity (Wildman–Crippen MR) is 59.1 cm³/mol. The first-order valence-electron chi connectivity index (χ1n) is 5.61. The minimum atomic E-state index is 0.629. The third-order valence-corrected chi connectivity index (χ3v) is 3.28. The van der Waals surface area contributed by atoms with Crippen molar-refractivity contribution in [3.8, 4) is 0 Å². The van der Waals surface area contributed by atoms with Crippen LogP contribution in [0, 0.1) is 0 Å². The Hall–Kier alpha value is -1.16. The normalized spacial score (nSPS) is 21.5. The number of rotatable bonds is 3. The summed E-state index contributed by atoms with van der Waals surface area (Å²) in [5, 5.41) is 3.27. The topological polar surface area (TPSA) is 41.0 Å². The van der Waals surface area contributed by atoms with Crippen LogP contribution in [-0.2, 0) is 0 Å². The summed E-state index contributed by atoms with van der Waals surface area (Å²) in [5.41, 5.74) is 1.23. The standard InChI is InChI=1S/C11H16N4/c1-12-9-5-15(6-9)11-4-10(8-2-3-8)13-7-14-11/h4,7-9,12H,2-3,5-6H2,1H3. The van der Waals surface area contributed by atoms with Gasteiger partial charge in [-0.25, -0.2) is 9.97 Å². The lowest BCUT2D eigenvalue weighted by molar-refractivity contribution is 0.447. The fourth-order valence-corrected chi connectivity index (χ4v) is 1.99. The molecule has 1 N–H and O–H groups in total. The highest BCUT2D eigenvalue weighted by molar-refractivity contribution is 5.43. The highest BCUT2D eigenvalue weighted by Gasteiger charge is 2.29. The second-order valence-electron chi connectivity index (χ2n) is 4.47. The lowest BCUT2D eigenvalue weighted by atomic mass is 10.1. The van der Waals surface area contributed by atoms with E-state index in [9.17, 15) is 0 Å². The van der Waals surface area contributed by atoms with Gasteiger partial charge in [-0.05, 0) is 19.9 Å². The number of nitrogens with one attached hydrogen (secondary N) is 1. The van der Waals surface area contributed by atoms with Crippen molar-refractivity contribution in [3.05, 3.63) is 18.1 Å². The van der Waals surface area contributed by atoms with Crippen molar-refractivity contribution in [2.75, 3.05) is 25.0 Å². The Morgan fingerprint density at radius 3 is 2.80 bits per heavy atom.